The molecule has 1 aliphatic heterocycles. The van der Waals surface area contributed by atoms with Crippen molar-refractivity contribution in [2.75, 3.05) is 13.1 Å². The van der Waals surface area contributed by atoms with Crippen molar-refractivity contribution in [3.8, 4) is 0 Å². The van der Waals surface area contributed by atoms with E-state index in [4.69, 9.17) is 11.6 Å². The highest BCUT2D eigenvalue weighted by molar-refractivity contribution is 7.89. The van der Waals surface area contributed by atoms with Crippen LogP contribution in [0.3, 0.4) is 0 Å². The molecule has 0 radical (unpaired) electrons. The van der Waals surface area contributed by atoms with Crippen LogP contribution < -0.4 is 5.32 Å². The highest BCUT2D eigenvalue weighted by Crippen LogP contribution is 2.28. The summed E-state index contributed by atoms with van der Waals surface area (Å²) in [4.78, 5) is 12.6. The Morgan fingerprint density at radius 2 is 1.83 bits per heavy atom. The van der Waals surface area contributed by atoms with Crippen molar-refractivity contribution >= 4 is 27.5 Å². The molecule has 1 aromatic rings. The monoisotopic (exact) mass is 372 g/mol. The Kier molecular flexibility index (Phi) is 5.94. The minimum absolute atomic E-state index is 0.160. The van der Waals surface area contributed by atoms with E-state index in [1.54, 1.807) is 12.1 Å². The molecule has 1 aromatic carbocycles. The van der Waals surface area contributed by atoms with Crippen molar-refractivity contribution in [1.82, 2.24) is 9.62 Å². The van der Waals surface area contributed by atoms with E-state index in [0.717, 1.165) is 12.8 Å². The smallest absolute Gasteiger partial charge is 0.243 e. The molecular formula is C17H25ClN2O3S. The molecule has 7 heteroatoms. The second kappa shape index (κ2) is 7.42. The summed E-state index contributed by atoms with van der Waals surface area (Å²) in [7, 11) is -3.79. The third-order valence-corrected chi connectivity index (χ3v) is 6.03. The Hall–Kier alpha value is -1.11. The van der Waals surface area contributed by atoms with Crippen LogP contribution in [0.15, 0.2) is 29.2 Å². The van der Waals surface area contributed by atoms with Crippen molar-refractivity contribution < 1.29 is 13.2 Å². The summed E-state index contributed by atoms with van der Waals surface area (Å²) >= 11 is 5.87. The van der Waals surface area contributed by atoms with E-state index in [2.05, 4.69) is 5.32 Å². The predicted octanol–water partition coefficient (Wildman–Crippen LogP) is 3.05. The van der Waals surface area contributed by atoms with Crippen LogP contribution in [0.1, 0.15) is 40.0 Å². The zero-order valence-electron chi connectivity index (χ0n) is 14.4. The average molecular weight is 373 g/mol. The highest BCUT2D eigenvalue weighted by Gasteiger charge is 2.38. The first kappa shape index (κ1) is 19.2. The number of nitrogens with one attached hydrogen (secondary N) is 1. The van der Waals surface area contributed by atoms with Gasteiger partial charge in [-0.25, -0.2) is 8.42 Å². The topological polar surface area (TPSA) is 66.5 Å². The van der Waals surface area contributed by atoms with Gasteiger partial charge in [-0.05, 0) is 48.9 Å². The maximum Gasteiger partial charge on any atom is 0.243 e. The molecule has 24 heavy (non-hydrogen) atoms. The van der Waals surface area contributed by atoms with Gasteiger partial charge in [-0.1, -0.05) is 32.4 Å². The number of halogens is 1. The molecule has 1 unspecified atom stereocenters. The predicted molar refractivity (Wildman–Crippen MR) is 95.4 cm³/mol. The van der Waals surface area contributed by atoms with Gasteiger partial charge < -0.3 is 5.32 Å². The molecule has 134 valence electrons. The molecule has 1 heterocycles. The quantitative estimate of drug-likeness (QED) is 0.883. The number of hydrogen-bond acceptors (Lipinski definition) is 3. The molecular weight excluding hydrogens is 348 g/mol. The van der Waals surface area contributed by atoms with Crippen LogP contribution in [-0.4, -0.2) is 37.8 Å². The Labute approximate surface area is 149 Å². The van der Waals surface area contributed by atoms with Crippen LogP contribution in [0.5, 0.6) is 0 Å². The lowest BCUT2D eigenvalue weighted by Gasteiger charge is -2.34. The van der Waals surface area contributed by atoms with Gasteiger partial charge in [-0.2, -0.15) is 4.31 Å². The summed E-state index contributed by atoms with van der Waals surface area (Å²) in [6, 6.07) is 5.41. The molecule has 2 rings (SSSR count). The van der Waals surface area contributed by atoms with Gasteiger partial charge >= 0.3 is 0 Å². The van der Waals surface area contributed by atoms with Crippen LogP contribution in [0.25, 0.3) is 0 Å². The van der Waals surface area contributed by atoms with Crippen LogP contribution >= 0.6 is 11.6 Å². The molecule has 1 N–H and O–H groups in total. The number of nitrogens with zero attached hydrogens (tertiary/aromatic N) is 1. The lowest BCUT2D eigenvalue weighted by Crippen LogP contribution is -2.51. The van der Waals surface area contributed by atoms with Gasteiger partial charge in [0, 0.05) is 18.1 Å². The van der Waals surface area contributed by atoms with Gasteiger partial charge in [0.15, 0.2) is 0 Å². The molecule has 1 aliphatic rings. The lowest BCUT2D eigenvalue weighted by molar-refractivity contribution is -0.124. The van der Waals surface area contributed by atoms with Gasteiger partial charge in [0.2, 0.25) is 15.9 Å². The normalized spacial score (nSPS) is 19.9. The molecule has 1 saturated heterocycles. The molecule has 0 spiro atoms. The van der Waals surface area contributed by atoms with Gasteiger partial charge in [-0.3, -0.25) is 4.79 Å². The van der Waals surface area contributed by atoms with Crippen LogP contribution in [0.4, 0.5) is 0 Å². The molecule has 5 nitrogen and oxygen atoms in total. The fourth-order valence-electron chi connectivity index (χ4n) is 2.77. The first-order chi connectivity index (χ1) is 11.1. The van der Waals surface area contributed by atoms with E-state index in [1.165, 1.54) is 16.4 Å². The number of sulfonamides is 1. The van der Waals surface area contributed by atoms with Crippen molar-refractivity contribution in [2.24, 2.45) is 5.41 Å². The zero-order chi connectivity index (χ0) is 18.0. The van der Waals surface area contributed by atoms with Crippen molar-refractivity contribution in [2.45, 2.75) is 51.0 Å². The molecule has 0 aliphatic carbocycles. The molecule has 0 aromatic heterocycles. The number of carbonyl (C=O) groups is 1. The number of hydrogen-bond donors (Lipinski definition) is 1. The number of benzene rings is 1. The average Bonchev–Trinajstić information content (AvgIpc) is 2.69. The van der Waals surface area contributed by atoms with Crippen molar-refractivity contribution in [3.05, 3.63) is 29.3 Å². The summed E-state index contributed by atoms with van der Waals surface area (Å²) in [6.45, 7) is 6.76. The maximum absolute atomic E-state index is 13.2. The van der Waals surface area contributed by atoms with E-state index < -0.39 is 16.1 Å². The fourth-order valence-corrected chi connectivity index (χ4v) is 4.74. The first-order valence-electron chi connectivity index (χ1n) is 8.16. The molecule has 1 atom stereocenters. The summed E-state index contributed by atoms with van der Waals surface area (Å²) in [6.07, 6.45) is 2.22. The largest absolute Gasteiger partial charge is 0.355 e. The van der Waals surface area contributed by atoms with E-state index in [0.29, 0.717) is 18.0 Å². The van der Waals surface area contributed by atoms with Crippen LogP contribution in [0, 0.1) is 5.41 Å². The van der Waals surface area contributed by atoms with E-state index >= 15 is 0 Å². The van der Waals surface area contributed by atoms with Gasteiger partial charge in [-0.15, -0.1) is 0 Å². The third kappa shape index (κ3) is 4.71. The summed E-state index contributed by atoms with van der Waals surface area (Å²) in [5.74, 6) is -0.214. The minimum atomic E-state index is -3.79. The summed E-state index contributed by atoms with van der Waals surface area (Å²) in [5, 5.41) is 3.30. The molecule has 0 saturated carbocycles. The zero-order valence-corrected chi connectivity index (χ0v) is 16.0. The van der Waals surface area contributed by atoms with E-state index in [-0.39, 0.29) is 22.8 Å². The number of rotatable bonds is 4. The van der Waals surface area contributed by atoms with Crippen LogP contribution in [-0.2, 0) is 14.8 Å². The van der Waals surface area contributed by atoms with Crippen molar-refractivity contribution in [1.29, 1.82) is 0 Å². The molecule has 0 bridgehead atoms. The summed E-state index contributed by atoms with van der Waals surface area (Å²) < 4.78 is 27.7. The van der Waals surface area contributed by atoms with Crippen LogP contribution in [0.2, 0.25) is 5.02 Å². The second-order valence-corrected chi connectivity index (χ2v) is 9.69. The molecule has 1 amide bonds. The number of carbonyl (C=O) groups excluding carboxylic acids is 1. The minimum Gasteiger partial charge on any atom is -0.355 e. The Morgan fingerprint density at radius 3 is 2.42 bits per heavy atom. The van der Waals surface area contributed by atoms with E-state index in [1.807, 2.05) is 20.8 Å². The van der Waals surface area contributed by atoms with E-state index in [9.17, 15) is 13.2 Å². The SMILES string of the molecule is CC(C)(C)CN(C1CCCCNC1=O)S(=O)(=O)c1ccc(Cl)cc1. The second-order valence-electron chi connectivity index (χ2n) is 7.37. The third-order valence-electron chi connectivity index (χ3n) is 3.90. The lowest BCUT2D eigenvalue weighted by atomic mass is 9.96. The van der Waals surface area contributed by atoms with Gasteiger partial charge in [0.05, 0.1) is 4.90 Å². The van der Waals surface area contributed by atoms with Gasteiger partial charge in [0.25, 0.3) is 0 Å². The highest BCUT2D eigenvalue weighted by atomic mass is 35.5. The number of amides is 1. The Balaban J connectivity index is 2.44. The maximum atomic E-state index is 13.2. The fraction of sp³-hybridized carbons (Fsp3) is 0.588. The summed E-state index contributed by atoms with van der Waals surface area (Å²) in [5.41, 5.74) is -0.272. The van der Waals surface area contributed by atoms with Crippen molar-refractivity contribution in [3.63, 3.8) is 0 Å². The Bertz CT molecular complexity index is 681. The van der Waals surface area contributed by atoms with Gasteiger partial charge in [0.1, 0.15) is 6.04 Å². The molecule has 1 fully saturated rings. The Morgan fingerprint density at radius 1 is 1.21 bits per heavy atom. The first-order valence-corrected chi connectivity index (χ1v) is 9.98. The standard InChI is InChI=1S/C17H25ClN2O3S/c1-17(2,3)12-20(15-6-4-5-11-19-16(15)21)24(22,23)14-9-7-13(18)8-10-14/h7-10,15H,4-6,11-12H2,1-3H3,(H,19,21).